The molecule has 2 aromatic carbocycles. The molecule has 142 valence electrons. The second kappa shape index (κ2) is 9.21. The number of benzene rings is 2. The summed E-state index contributed by atoms with van der Waals surface area (Å²) in [7, 11) is 3.82. The summed E-state index contributed by atoms with van der Waals surface area (Å²) < 4.78 is 0. The number of nitrogens with zero attached hydrogens (tertiary/aromatic N) is 2. The number of guanidine groups is 1. The predicted molar refractivity (Wildman–Crippen MR) is 111 cm³/mol. The third kappa shape index (κ3) is 5.33. The SMILES string of the molecule is CN=C(NCc1cccc(NC(=O)C2CCC2)c1)N(C)Cc1ccccc1. The van der Waals surface area contributed by atoms with Crippen molar-refractivity contribution in [1.29, 1.82) is 0 Å². The quantitative estimate of drug-likeness (QED) is 0.608. The highest BCUT2D eigenvalue weighted by Crippen LogP contribution is 2.27. The summed E-state index contributed by atoms with van der Waals surface area (Å²) in [6, 6.07) is 18.3. The molecule has 0 atom stereocenters. The zero-order valence-electron chi connectivity index (χ0n) is 16.1. The second-order valence-electron chi connectivity index (χ2n) is 7.06. The maximum absolute atomic E-state index is 12.1. The van der Waals surface area contributed by atoms with Crippen LogP contribution in [0.15, 0.2) is 59.6 Å². The average molecular weight is 364 g/mol. The van der Waals surface area contributed by atoms with Crippen molar-refractivity contribution >= 4 is 17.6 Å². The number of aliphatic imine (C=N–C) groups is 1. The van der Waals surface area contributed by atoms with E-state index in [9.17, 15) is 4.79 Å². The number of carbonyl (C=O) groups excluding carboxylic acids is 1. The van der Waals surface area contributed by atoms with Crippen molar-refractivity contribution in [2.45, 2.75) is 32.4 Å². The number of amides is 1. The zero-order valence-corrected chi connectivity index (χ0v) is 16.1. The van der Waals surface area contributed by atoms with Gasteiger partial charge in [0.1, 0.15) is 0 Å². The summed E-state index contributed by atoms with van der Waals surface area (Å²) in [6.45, 7) is 1.44. The molecule has 5 nitrogen and oxygen atoms in total. The van der Waals surface area contributed by atoms with Crippen LogP contribution in [0.5, 0.6) is 0 Å². The molecule has 3 rings (SSSR count). The fourth-order valence-electron chi connectivity index (χ4n) is 3.17. The molecule has 2 aromatic rings. The van der Waals surface area contributed by atoms with Crippen LogP contribution >= 0.6 is 0 Å². The van der Waals surface area contributed by atoms with Crippen LogP contribution in [0.1, 0.15) is 30.4 Å². The lowest BCUT2D eigenvalue weighted by atomic mass is 9.85. The first-order valence-corrected chi connectivity index (χ1v) is 9.51. The Morgan fingerprint density at radius 2 is 1.85 bits per heavy atom. The molecule has 0 spiro atoms. The first kappa shape index (κ1) is 19.0. The number of carbonyl (C=O) groups is 1. The van der Waals surface area contributed by atoms with Crippen LogP contribution in [-0.2, 0) is 17.9 Å². The van der Waals surface area contributed by atoms with Crippen LogP contribution in [0.4, 0.5) is 5.69 Å². The van der Waals surface area contributed by atoms with E-state index in [4.69, 9.17) is 0 Å². The molecule has 0 unspecified atom stereocenters. The highest BCUT2D eigenvalue weighted by molar-refractivity contribution is 5.93. The van der Waals surface area contributed by atoms with Crippen LogP contribution in [0.25, 0.3) is 0 Å². The van der Waals surface area contributed by atoms with Crippen molar-refractivity contribution in [1.82, 2.24) is 10.2 Å². The van der Waals surface area contributed by atoms with Gasteiger partial charge < -0.3 is 15.5 Å². The summed E-state index contributed by atoms with van der Waals surface area (Å²) in [5.74, 6) is 1.17. The molecular formula is C22H28N4O. The highest BCUT2D eigenvalue weighted by atomic mass is 16.1. The van der Waals surface area contributed by atoms with Gasteiger partial charge in [0.05, 0.1) is 0 Å². The van der Waals surface area contributed by atoms with Gasteiger partial charge in [-0.05, 0) is 36.1 Å². The molecular weight excluding hydrogens is 336 g/mol. The van der Waals surface area contributed by atoms with E-state index in [0.717, 1.165) is 43.0 Å². The van der Waals surface area contributed by atoms with E-state index in [1.165, 1.54) is 5.56 Å². The number of rotatable bonds is 6. The lowest BCUT2D eigenvalue weighted by Gasteiger charge is -2.24. The van der Waals surface area contributed by atoms with Crippen molar-refractivity contribution in [3.05, 3.63) is 65.7 Å². The average Bonchev–Trinajstić information content (AvgIpc) is 2.62. The number of nitrogens with one attached hydrogen (secondary N) is 2. The number of hydrogen-bond acceptors (Lipinski definition) is 2. The van der Waals surface area contributed by atoms with Crippen molar-refractivity contribution in [3.8, 4) is 0 Å². The Labute approximate surface area is 161 Å². The van der Waals surface area contributed by atoms with E-state index < -0.39 is 0 Å². The second-order valence-corrected chi connectivity index (χ2v) is 7.06. The summed E-state index contributed by atoms with van der Waals surface area (Å²) in [5.41, 5.74) is 3.21. The van der Waals surface area contributed by atoms with Gasteiger partial charge in [0.15, 0.2) is 5.96 Å². The minimum absolute atomic E-state index is 0.143. The topological polar surface area (TPSA) is 56.7 Å². The van der Waals surface area contributed by atoms with E-state index in [1.54, 1.807) is 7.05 Å². The third-order valence-corrected chi connectivity index (χ3v) is 4.96. The van der Waals surface area contributed by atoms with Crippen molar-refractivity contribution < 1.29 is 4.79 Å². The lowest BCUT2D eigenvalue weighted by Crippen LogP contribution is -2.38. The van der Waals surface area contributed by atoms with Crippen LogP contribution < -0.4 is 10.6 Å². The van der Waals surface area contributed by atoms with Crippen molar-refractivity contribution in [3.63, 3.8) is 0 Å². The molecule has 2 N–H and O–H groups in total. The van der Waals surface area contributed by atoms with Gasteiger partial charge in [-0.25, -0.2) is 0 Å². The summed E-state index contributed by atoms with van der Waals surface area (Å²) in [6.07, 6.45) is 3.19. The van der Waals surface area contributed by atoms with Gasteiger partial charge in [0, 0.05) is 38.8 Å². The van der Waals surface area contributed by atoms with Gasteiger partial charge >= 0.3 is 0 Å². The van der Waals surface area contributed by atoms with Crippen molar-refractivity contribution in [2.24, 2.45) is 10.9 Å². The normalized spacial score (nSPS) is 14.4. The Hall–Kier alpha value is -2.82. The summed E-state index contributed by atoms with van der Waals surface area (Å²) in [4.78, 5) is 18.6. The molecule has 0 saturated heterocycles. The third-order valence-electron chi connectivity index (χ3n) is 4.96. The van der Waals surface area contributed by atoms with Crippen LogP contribution in [-0.4, -0.2) is 30.9 Å². The standard InChI is InChI=1S/C22H28N4O/c1-23-22(26(2)16-17-8-4-3-5-9-17)24-15-18-10-6-13-20(14-18)25-21(27)19-11-7-12-19/h3-6,8-10,13-14,19H,7,11-12,15-16H2,1-2H3,(H,23,24)(H,25,27). The molecule has 1 aliphatic rings. The fourth-order valence-corrected chi connectivity index (χ4v) is 3.17. The predicted octanol–water partition coefficient (Wildman–Crippen LogP) is 3.63. The Balaban J connectivity index is 1.54. The van der Waals surface area contributed by atoms with Gasteiger partial charge in [-0.1, -0.05) is 48.9 Å². The van der Waals surface area contributed by atoms with Crippen LogP contribution in [0, 0.1) is 5.92 Å². The van der Waals surface area contributed by atoms with Gasteiger partial charge in [0.2, 0.25) is 5.91 Å². The maximum Gasteiger partial charge on any atom is 0.227 e. The first-order chi connectivity index (χ1) is 13.2. The Morgan fingerprint density at radius 1 is 1.11 bits per heavy atom. The van der Waals surface area contributed by atoms with Gasteiger partial charge in [0.25, 0.3) is 0 Å². The fraction of sp³-hybridized carbons (Fsp3) is 0.364. The molecule has 0 aliphatic heterocycles. The zero-order chi connectivity index (χ0) is 19.1. The van der Waals surface area contributed by atoms with E-state index in [2.05, 4.69) is 38.7 Å². The molecule has 1 saturated carbocycles. The number of anilines is 1. The molecule has 0 bridgehead atoms. The Morgan fingerprint density at radius 3 is 2.52 bits per heavy atom. The van der Waals surface area contributed by atoms with E-state index in [0.29, 0.717) is 6.54 Å². The lowest BCUT2D eigenvalue weighted by molar-refractivity contribution is -0.122. The van der Waals surface area contributed by atoms with Crippen LogP contribution in [0.2, 0.25) is 0 Å². The molecule has 1 fully saturated rings. The summed E-state index contributed by atoms with van der Waals surface area (Å²) >= 11 is 0. The van der Waals surface area contributed by atoms with Gasteiger partial charge in [-0.15, -0.1) is 0 Å². The molecule has 5 heteroatoms. The molecule has 0 heterocycles. The number of hydrogen-bond donors (Lipinski definition) is 2. The minimum atomic E-state index is 0.143. The monoisotopic (exact) mass is 364 g/mol. The van der Waals surface area contributed by atoms with E-state index >= 15 is 0 Å². The maximum atomic E-state index is 12.1. The molecule has 1 amide bonds. The molecule has 27 heavy (non-hydrogen) atoms. The highest BCUT2D eigenvalue weighted by Gasteiger charge is 2.25. The van der Waals surface area contributed by atoms with Crippen molar-refractivity contribution in [2.75, 3.05) is 19.4 Å². The van der Waals surface area contributed by atoms with Gasteiger partial charge in [-0.3, -0.25) is 9.79 Å². The van der Waals surface area contributed by atoms with E-state index in [1.807, 2.05) is 43.4 Å². The largest absolute Gasteiger partial charge is 0.352 e. The molecule has 1 aliphatic carbocycles. The molecule has 0 radical (unpaired) electrons. The molecule has 0 aromatic heterocycles. The minimum Gasteiger partial charge on any atom is -0.352 e. The van der Waals surface area contributed by atoms with Crippen LogP contribution in [0.3, 0.4) is 0 Å². The first-order valence-electron chi connectivity index (χ1n) is 9.51. The Bertz CT molecular complexity index is 784. The Kier molecular flexibility index (Phi) is 6.47. The smallest absolute Gasteiger partial charge is 0.227 e. The van der Waals surface area contributed by atoms with E-state index in [-0.39, 0.29) is 11.8 Å². The summed E-state index contributed by atoms with van der Waals surface area (Å²) in [5, 5.41) is 6.43. The van der Waals surface area contributed by atoms with Gasteiger partial charge in [-0.2, -0.15) is 0 Å².